The number of anilines is 1. The van der Waals surface area contributed by atoms with E-state index < -0.39 is 17.6 Å². The molecule has 10 heteroatoms. The van der Waals surface area contributed by atoms with Gasteiger partial charge in [-0.3, -0.25) is 4.90 Å². The van der Waals surface area contributed by atoms with E-state index >= 15 is 0 Å². The predicted molar refractivity (Wildman–Crippen MR) is 120 cm³/mol. The number of hydrogen-bond donors (Lipinski definition) is 0. The van der Waals surface area contributed by atoms with Gasteiger partial charge in [0.1, 0.15) is 17.3 Å². The lowest BCUT2D eigenvalue weighted by Crippen LogP contribution is -2.58. The molecule has 3 fully saturated rings. The fourth-order valence-corrected chi connectivity index (χ4v) is 5.65. The molecule has 0 N–H and O–H groups in total. The van der Waals surface area contributed by atoms with E-state index in [9.17, 15) is 18.0 Å². The molecule has 5 rings (SSSR count). The van der Waals surface area contributed by atoms with Gasteiger partial charge in [0.2, 0.25) is 5.95 Å². The molecule has 7 nitrogen and oxygen atoms in total. The van der Waals surface area contributed by atoms with Gasteiger partial charge in [-0.2, -0.15) is 4.39 Å². The number of hydrogen-bond acceptors (Lipinski definition) is 6. The van der Waals surface area contributed by atoms with Gasteiger partial charge in [-0.15, -0.1) is 0 Å². The molecule has 2 aromatic heterocycles. The number of ether oxygens (including phenoxy) is 1. The molecule has 2 saturated heterocycles. The zero-order valence-electron chi connectivity index (χ0n) is 19.1. The van der Waals surface area contributed by atoms with Crippen LogP contribution in [0.25, 0.3) is 11.3 Å². The Morgan fingerprint density at radius 2 is 1.94 bits per heavy atom. The zero-order chi connectivity index (χ0) is 23.9. The van der Waals surface area contributed by atoms with E-state index in [1.807, 2.05) is 11.8 Å². The lowest BCUT2D eigenvalue weighted by molar-refractivity contribution is -0.00294. The number of amides is 1. The van der Waals surface area contributed by atoms with E-state index in [1.165, 1.54) is 6.07 Å². The van der Waals surface area contributed by atoms with Crippen molar-refractivity contribution in [2.24, 2.45) is 5.41 Å². The number of likely N-dealkylation sites (tertiary alicyclic amines) is 1. The zero-order valence-corrected chi connectivity index (χ0v) is 19.1. The van der Waals surface area contributed by atoms with E-state index in [-0.39, 0.29) is 17.2 Å². The van der Waals surface area contributed by atoms with Crippen LogP contribution in [0.15, 0.2) is 24.4 Å². The topological polar surface area (TPSA) is 61.8 Å². The Morgan fingerprint density at radius 3 is 2.65 bits per heavy atom. The molecule has 182 valence electrons. The highest BCUT2D eigenvalue weighted by Gasteiger charge is 2.51. The monoisotopic (exact) mass is 475 g/mol. The second kappa shape index (κ2) is 9.05. The fraction of sp³-hybridized carbons (Fsp3) is 0.542. The molecular weight excluding hydrogens is 447 g/mol. The third kappa shape index (κ3) is 4.31. The van der Waals surface area contributed by atoms with Crippen molar-refractivity contribution >= 4 is 11.9 Å². The van der Waals surface area contributed by atoms with Gasteiger partial charge >= 0.3 is 6.09 Å². The van der Waals surface area contributed by atoms with Crippen molar-refractivity contribution in [2.75, 3.05) is 50.8 Å². The van der Waals surface area contributed by atoms with E-state index in [1.54, 1.807) is 4.90 Å². The first-order chi connectivity index (χ1) is 16.4. The average molecular weight is 476 g/mol. The van der Waals surface area contributed by atoms with E-state index in [0.717, 1.165) is 63.8 Å². The summed E-state index contributed by atoms with van der Waals surface area (Å²) < 4.78 is 46.8. The molecule has 2 aromatic rings. The Kier molecular flexibility index (Phi) is 6.09. The first-order valence-electron chi connectivity index (χ1n) is 11.8. The van der Waals surface area contributed by atoms with Crippen molar-refractivity contribution in [3.8, 4) is 11.3 Å². The van der Waals surface area contributed by atoms with Gasteiger partial charge in [0, 0.05) is 62.4 Å². The first kappa shape index (κ1) is 22.9. The number of aromatic nitrogens is 2. The summed E-state index contributed by atoms with van der Waals surface area (Å²) in [6, 6.07) is 3.82. The molecule has 0 aromatic carbocycles. The number of pyridine rings is 2. The molecule has 1 aliphatic carbocycles. The summed E-state index contributed by atoms with van der Waals surface area (Å²) in [7, 11) is 0. The Balaban J connectivity index is 1.23. The Bertz CT molecular complexity index is 1070. The van der Waals surface area contributed by atoms with Crippen molar-refractivity contribution in [1.82, 2.24) is 19.8 Å². The second-order valence-corrected chi connectivity index (χ2v) is 9.46. The van der Waals surface area contributed by atoms with Crippen LogP contribution in [-0.4, -0.2) is 77.8 Å². The van der Waals surface area contributed by atoms with Crippen molar-refractivity contribution in [2.45, 2.75) is 32.2 Å². The van der Waals surface area contributed by atoms with Gasteiger partial charge in [-0.05, 0) is 38.3 Å². The molecule has 34 heavy (non-hydrogen) atoms. The van der Waals surface area contributed by atoms with Crippen molar-refractivity contribution < 1.29 is 22.7 Å². The van der Waals surface area contributed by atoms with Crippen LogP contribution in [0, 0.1) is 23.0 Å². The smallest absolute Gasteiger partial charge is 0.409 e. The van der Waals surface area contributed by atoms with Crippen molar-refractivity contribution in [1.29, 1.82) is 0 Å². The normalized spacial score (nSPS) is 22.2. The Morgan fingerprint density at radius 1 is 1.18 bits per heavy atom. The Hall–Kier alpha value is -2.88. The summed E-state index contributed by atoms with van der Waals surface area (Å²) in [5.41, 5.74) is 0.498. The van der Waals surface area contributed by atoms with Crippen molar-refractivity contribution in [3.05, 3.63) is 42.0 Å². The maximum atomic E-state index is 14.4. The lowest BCUT2D eigenvalue weighted by atomic mass is 9.78. The largest absolute Gasteiger partial charge is 0.450 e. The SMILES string of the molecule is CCOC(=O)N1CC2(CC[C@@H](N3CCN(c4nc(F)ccc4-c4ncc(F)cc4F)CC3)C2)C1. The highest BCUT2D eigenvalue weighted by molar-refractivity contribution is 5.73. The van der Waals surface area contributed by atoms with Gasteiger partial charge in [-0.1, -0.05) is 0 Å². The number of piperazine rings is 1. The van der Waals surface area contributed by atoms with Crippen LogP contribution in [0.4, 0.5) is 23.8 Å². The number of rotatable bonds is 4. The first-order valence-corrected chi connectivity index (χ1v) is 11.8. The third-order valence-electron chi connectivity index (χ3n) is 7.29. The highest BCUT2D eigenvalue weighted by atomic mass is 19.1. The van der Waals surface area contributed by atoms with Gasteiger partial charge < -0.3 is 14.5 Å². The van der Waals surface area contributed by atoms with Gasteiger partial charge in [0.05, 0.1) is 12.8 Å². The maximum absolute atomic E-state index is 14.4. The summed E-state index contributed by atoms with van der Waals surface area (Å²) in [5, 5.41) is 0. The van der Waals surface area contributed by atoms with Crippen LogP contribution < -0.4 is 4.90 Å². The Labute approximate surface area is 196 Å². The quantitative estimate of drug-likeness (QED) is 0.629. The molecule has 0 bridgehead atoms. The van der Waals surface area contributed by atoms with Gasteiger partial charge in [0.25, 0.3) is 0 Å². The molecule has 0 unspecified atom stereocenters. The molecule has 2 aliphatic heterocycles. The van der Waals surface area contributed by atoms with Crippen LogP contribution in [0.1, 0.15) is 26.2 Å². The fourth-order valence-electron chi connectivity index (χ4n) is 5.65. The lowest BCUT2D eigenvalue weighted by Gasteiger charge is -2.48. The maximum Gasteiger partial charge on any atom is 0.409 e. The summed E-state index contributed by atoms with van der Waals surface area (Å²) in [6.07, 6.45) is 3.96. The third-order valence-corrected chi connectivity index (χ3v) is 7.29. The van der Waals surface area contributed by atoms with Crippen LogP contribution >= 0.6 is 0 Å². The summed E-state index contributed by atoms with van der Waals surface area (Å²) in [5.74, 6) is -1.90. The molecule has 0 radical (unpaired) electrons. The van der Waals surface area contributed by atoms with Crippen molar-refractivity contribution in [3.63, 3.8) is 0 Å². The minimum atomic E-state index is -0.804. The van der Waals surface area contributed by atoms with Gasteiger partial charge in [0.15, 0.2) is 5.82 Å². The number of nitrogens with zero attached hydrogens (tertiary/aromatic N) is 5. The molecule has 3 aliphatic rings. The predicted octanol–water partition coefficient (Wildman–Crippen LogP) is 3.69. The van der Waals surface area contributed by atoms with Crippen LogP contribution in [-0.2, 0) is 4.74 Å². The summed E-state index contributed by atoms with van der Waals surface area (Å²) in [6.45, 7) is 6.51. The number of carbonyl (C=O) groups excluding carboxylic acids is 1. The van der Waals surface area contributed by atoms with E-state index in [0.29, 0.717) is 37.1 Å². The number of halogens is 3. The van der Waals surface area contributed by atoms with Crippen LogP contribution in [0.3, 0.4) is 0 Å². The van der Waals surface area contributed by atoms with E-state index in [2.05, 4.69) is 14.9 Å². The standard InChI is InChI=1S/C24H28F3N5O2/c1-2-34-23(33)32-14-24(15-32)6-5-17(12-24)30-7-9-31(10-8-30)22-18(3-4-20(27)29-22)21-19(26)11-16(25)13-28-21/h3-4,11,13,17H,2,5-10,12,14-15H2,1H3/t17-/m1/s1. The number of carbonyl (C=O) groups is 1. The van der Waals surface area contributed by atoms with E-state index in [4.69, 9.17) is 4.74 Å². The molecule has 1 atom stereocenters. The molecular formula is C24H28F3N5O2. The molecule has 1 spiro atoms. The average Bonchev–Trinajstić information content (AvgIpc) is 3.25. The molecule has 1 saturated carbocycles. The highest BCUT2D eigenvalue weighted by Crippen LogP contribution is 2.47. The minimum absolute atomic E-state index is 0.0415. The second-order valence-electron chi connectivity index (χ2n) is 9.46. The summed E-state index contributed by atoms with van der Waals surface area (Å²) >= 11 is 0. The molecule has 4 heterocycles. The van der Waals surface area contributed by atoms with Gasteiger partial charge in [-0.25, -0.2) is 23.5 Å². The summed E-state index contributed by atoms with van der Waals surface area (Å²) in [4.78, 5) is 26.0. The van der Waals surface area contributed by atoms with Crippen LogP contribution in [0.2, 0.25) is 0 Å². The minimum Gasteiger partial charge on any atom is -0.450 e. The molecule has 1 amide bonds. The van der Waals surface area contributed by atoms with Crippen LogP contribution in [0.5, 0.6) is 0 Å².